The van der Waals surface area contributed by atoms with Gasteiger partial charge in [0.1, 0.15) is 22.4 Å². The fourth-order valence-electron chi connectivity index (χ4n) is 8.55. The standard InChI is InChI=1S/C26H37ClFNO6S/c1-14-8-18-17-5-4-15-9-16(30)6-7-23(15,2)25(17,28)20(31)10-24(18,3)26(14,34)21(32)12-35-22(33)19(27)11-29-13-36/h13-15,17-20,31,34H,4-12H2,1-3H3,(H,29,36)/t14-,15?,17?,18?,19?,20-,23-,24-,25-,26-/m0/s1. The molecule has 4 saturated carbocycles. The summed E-state index contributed by atoms with van der Waals surface area (Å²) in [5, 5.41) is 24.9. The number of ketones is 2. The predicted octanol–water partition coefficient (Wildman–Crippen LogP) is 2.90. The number of esters is 1. The number of rotatable bonds is 7. The molecule has 36 heavy (non-hydrogen) atoms. The van der Waals surface area contributed by atoms with Crippen molar-refractivity contribution in [2.75, 3.05) is 13.2 Å². The Bertz CT molecular complexity index is 953. The third kappa shape index (κ3) is 3.78. The molecule has 4 aliphatic carbocycles. The summed E-state index contributed by atoms with van der Waals surface area (Å²) in [4.78, 5) is 37.8. The number of nitrogens with one attached hydrogen (secondary N) is 1. The quantitative estimate of drug-likeness (QED) is 0.254. The molecule has 4 fully saturated rings. The largest absolute Gasteiger partial charge is 0.456 e. The van der Waals surface area contributed by atoms with Gasteiger partial charge in [0.15, 0.2) is 6.61 Å². The SMILES string of the molecule is C[C@H]1CC2C3CCC4CC(=O)CC[C@]4(C)[C@@]3(F)[C@@H](O)C[C@]2(C)[C@@]1(O)C(=O)COC(=O)C(Cl)CNC=S. The van der Waals surface area contributed by atoms with Gasteiger partial charge >= 0.3 is 5.97 Å². The lowest BCUT2D eigenvalue weighted by atomic mass is 9.42. The molecule has 10 heteroatoms. The second-order valence-corrected chi connectivity index (χ2v) is 12.7. The van der Waals surface area contributed by atoms with Crippen LogP contribution in [0.5, 0.6) is 0 Å². The van der Waals surface area contributed by atoms with Crippen LogP contribution < -0.4 is 5.32 Å². The van der Waals surface area contributed by atoms with Crippen molar-refractivity contribution in [3.05, 3.63) is 0 Å². The van der Waals surface area contributed by atoms with Gasteiger partial charge in [-0.2, -0.15) is 0 Å². The van der Waals surface area contributed by atoms with Crippen molar-refractivity contribution in [1.82, 2.24) is 5.32 Å². The van der Waals surface area contributed by atoms with Crippen molar-refractivity contribution >= 4 is 46.8 Å². The summed E-state index contributed by atoms with van der Waals surface area (Å²) in [5.41, 5.74) is -4.50. The Labute approximate surface area is 221 Å². The summed E-state index contributed by atoms with van der Waals surface area (Å²) < 4.78 is 22.4. The normalized spacial score (nSPS) is 46.6. The van der Waals surface area contributed by atoms with Crippen LogP contribution in [0.1, 0.15) is 65.7 Å². The zero-order chi connectivity index (χ0) is 26.7. The van der Waals surface area contributed by atoms with E-state index in [0.29, 0.717) is 38.5 Å². The van der Waals surface area contributed by atoms with E-state index >= 15 is 4.39 Å². The summed E-state index contributed by atoms with van der Waals surface area (Å²) in [5.74, 6) is -2.84. The second kappa shape index (κ2) is 9.54. The number of halogens is 2. The number of carbonyl (C=O) groups excluding carboxylic acids is 3. The van der Waals surface area contributed by atoms with E-state index in [1.807, 2.05) is 6.92 Å². The third-order valence-corrected chi connectivity index (χ3v) is 11.0. The highest BCUT2D eigenvalue weighted by molar-refractivity contribution is 7.78. The van der Waals surface area contributed by atoms with E-state index < -0.39 is 63.8 Å². The van der Waals surface area contributed by atoms with Gasteiger partial charge in [-0.3, -0.25) is 14.4 Å². The number of hydrogen-bond donors (Lipinski definition) is 3. The van der Waals surface area contributed by atoms with E-state index in [-0.39, 0.29) is 30.6 Å². The molecule has 4 aliphatic rings. The predicted molar refractivity (Wildman–Crippen MR) is 135 cm³/mol. The third-order valence-electron chi connectivity index (χ3n) is 10.5. The first kappa shape index (κ1) is 27.9. The molecule has 202 valence electrons. The van der Waals surface area contributed by atoms with Gasteiger partial charge in [0.25, 0.3) is 0 Å². The maximum absolute atomic E-state index is 17.3. The summed E-state index contributed by atoms with van der Waals surface area (Å²) in [6.07, 6.45) is 1.18. The number of Topliss-reactive ketones (excluding diaryl/α,β-unsaturated/α-hetero) is 2. The van der Waals surface area contributed by atoms with Crippen LogP contribution in [-0.2, 0) is 19.1 Å². The number of carbonyl (C=O) groups is 3. The smallest absolute Gasteiger partial charge is 0.326 e. The molecule has 0 aromatic carbocycles. The first-order valence-corrected chi connectivity index (χ1v) is 13.8. The first-order valence-electron chi connectivity index (χ1n) is 12.9. The molecule has 0 spiro atoms. The van der Waals surface area contributed by atoms with Crippen molar-refractivity contribution in [2.24, 2.45) is 34.5 Å². The van der Waals surface area contributed by atoms with E-state index in [1.165, 1.54) is 5.49 Å². The summed E-state index contributed by atoms with van der Waals surface area (Å²) >= 11 is 10.6. The minimum Gasteiger partial charge on any atom is -0.456 e. The van der Waals surface area contributed by atoms with Gasteiger partial charge in [-0.05, 0) is 55.8 Å². The molecule has 0 aromatic rings. The minimum absolute atomic E-state index is 0.0380. The fraction of sp³-hybridized carbons (Fsp3) is 0.846. The Balaban J connectivity index is 1.59. The summed E-state index contributed by atoms with van der Waals surface area (Å²) in [6.45, 7) is 4.77. The van der Waals surface area contributed by atoms with Crippen molar-refractivity contribution in [2.45, 2.75) is 88.5 Å². The number of aliphatic hydroxyl groups excluding tert-OH is 1. The minimum atomic E-state index is -1.90. The lowest BCUT2D eigenvalue weighted by Crippen LogP contribution is -2.71. The van der Waals surface area contributed by atoms with E-state index in [4.69, 9.17) is 16.3 Å². The molecule has 4 unspecified atom stereocenters. The number of alkyl halides is 2. The molecule has 0 bridgehead atoms. The van der Waals surface area contributed by atoms with Crippen LogP contribution >= 0.6 is 23.8 Å². The lowest BCUT2D eigenvalue weighted by Gasteiger charge is -2.65. The molecule has 10 atom stereocenters. The molecule has 0 saturated heterocycles. The first-order chi connectivity index (χ1) is 16.8. The number of ether oxygens (including phenoxy) is 1. The van der Waals surface area contributed by atoms with Crippen molar-refractivity contribution < 1.29 is 33.7 Å². The Morgan fingerprint density at radius 2 is 2.00 bits per heavy atom. The molecule has 4 rings (SSSR count). The molecule has 3 N–H and O–H groups in total. The van der Waals surface area contributed by atoms with Crippen LogP contribution in [0.25, 0.3) is 0 Å². The van der Waals surface area contributed by atoms with E-state index in [9.17, 15) is 24.6 Å². The van der Waals surface area contributed by atoms with E-state index in [1.54, 1.807) is 13.8 Å². The number of aliphatic hydroxyl groups is 2. The summed E-state index contributed by atoms with van der Waals surface area (Å²) in [7, 11) is 0. The Kier molecular flexibility index (Phi) is 7.39. The van der Waals surface area contributed by atoms with Crippen LogP contribution in [0.15, 0.2) is 0 Å². The van der Waals surface area contributed by atoms with Crippen LogP contribution in [0.3, 0.4) is 0 Å². The maximum atomic E-state index is 17.3. The molecular weight excluding hydrogens is 509 g/mol. The Morgan fingerprint density at radius 1 is 1.31 bits per heavy atom. The zero-order valence-electron chi connectivity index (χ0n) is 21.1. The van der Waals surface area contributed by atoms with Crippen molar-refractivity contribution in [3.8, 4) is 0 Å². The zero-order valence-corrected chi connectivity index (χ0v) is 22.7. The van der Waals surface area contributed by atoms with Crippen LogP contribution in [0, 0.1) is 34.5 Å². The Hall–Kier alpha value is -1.16. The second-order valence-electron chi connectivity index (χ2n) is 12.0. The van der Waals surface area contributed by atoms with Gasteiger partial charge in [-0.25, -0.2) is 4.39 Å². The maximum Gasteiger partial charge on any atom is 0.326 e. The van der Waals surface area contributed by atoms with Gasteiger partial charge in [0.05, 0.1) is 11.6 Å². The molecule has 0 amide bonds. The van der Waals surface area contributed by atoms with Gasteiger partial charge in [0.2, 0.25) is 5.78 Å². The van der Waals surface area contributed by atoms with Gasteiger partial charge < -0.3 is 20.3 Å². The topological polar surface area (TPSA) is 113 Å². The van der Waals surface area contributed by atoms with Gasteiger partial charge in [0, 0.05) is 30.2 Å². The van der Waals surface area contributed by atoms with Gasteiger partial charge in [-0.1, -0.05) is 33.0 Å². The number of thiocarbonyl (C=S) groups is 1. The average Bonchev–Trinajstić information content (AvgIpc) is 3.03. The highest BCUT2D eigenvalue weighted by Gasteiger charge is 2.76. The highest BCUT2D eigenvalue weighted by Crippen LogP contribution is 2.71. The molecule has 7 nitrogen and oxygen atoms in total. The van der Waals surface area contributed by atoms with Crippen LogP contribution in [0.2, 0.25) is 0 Å². The van der Waals surface area contributed by atoms with Gasteiger partial charge in [-0.15, -0.1) is 11.6 Å². The lowest BCUT2D eigenvalue weighted by molar-refractivity contribution is -0.255. The average molecular weight is 546 g/mol. The van der Waals surface area contributed by atoms with Crippen LogP contribution in [-0.4, -0.2) is 69.1 Å². The molecular formula is C26H37ClFNO6S. The monoisotopic (exact) mass is 545 g/mol. The number of hydrogen-bond acceptors (Lipinski definition) is 7. The molecule has 0 aliphatic heterocycles. The fourth-order valence-corrected chi connectivity index (χ4v) is 8.80. The van der Waals surface area contributed by atoms with E-state index in [0.717, 1.165) is 0 Å². The van der Waals surface area contributed by atoms with E-state index in [2.05, 4.69) is 17.5 Å². The van der Waals surface area contributed by atoms with Crippen molar-refractivity contribution in [1.29, 1.82) is 0 Å². The Morgan fingerprint density at radius 3 is 2.67 bits per heavy atom. The van der Waals surface area contributed by atoms with Crippen LogP contribution in [0.4, 0.5) is 4.39 Å². The summed E-state index contributed by atoms with van der Waals surface area (Å²) in [6, 6.07) is 0. The molecule has 0 radical (unpaired) electrons. The number of fused-ring (bicyclic) bond motifs is 5. The molecule has 0 aromatic heterocycles. The molecule has 0 heterocycles. The van der Waals surface area contributed by atoms with Crippen molar-refractivity contribution in [3.63, 3.8) is 0 Å². The highest BCUT2D eigenvalue weighted by atomic mass is 35.5.